The number of halogens is 1. The maximum Gasteiger partial charge on any atom is 0.181 e. The largest absolute Gasteiger partial charge is 0.223 e. The lowest BCUT2D eigenvalue weighted by Gasteiger charge is -1.88. The molecular formula is C9H15BrO2S. The number of unbranched alkanes of at least 4 members (excludes halogenated alkanes) is 1. The van der Waals surface area contributed by atoms with E-state index in [2.05, 4.69) is 28.9 Å². The van der Waals surface area contributed by atoms with E-state index in [0.29, 0.717) is 6.42 Å². The van der Waals surface area contributed by atoms with Crippen LogP contribution in [0.2, 0.25) is 0 Å². The first-order valence-electron chi connectivity index (χ1n) is 4.22. The zero-order chi connectivity index (χ0) is 10.2. The van der Waals surface area contributed by atoms with E-state index in [4.69, 9.17) is 0 Å². The van der Waals surface area contributed by atoms with Crippen LogP contribution in [0.1, 0.15) is 26.2 Å². The Balaban J connectivity index is 3.77. The Morgan fingerprint density at radius 2 is 1.92 bits per heavy atom. The fraction of sp³-hybridized carbons (Fsp3) is 0.556. The number of alkyl halides is 1. The fourth-order valence-corrected chi connectivity index (χ4v) is 1.63. The van der Waals surface area contributed by atoms with Gasteiger partial charge in [0.15, 0.2) is 9.84 Å². The number of rotatable bonds is 6. The third kappa shape index (κ3) is 8.25. The Morgan fingerprint density at radius 3 is 2.46 bits per heavy atom. The lowest BCUT2D eigenvalue weighted by molar-refractivity contribution is 0.609. The first-order valence-corrected chi connectivity index (χ1v) is 7.06. The van der Waals surface area contributed by atoms with Crippen molar-refractivity contribution in [1.82, 2.24) is 0 Å². The van der Waals surface area contributed by atoms with E-state index in [-0.39, 0.29) is 4.66 Å². The average Bonchev–Trinajstić information content (AvgIpc) is 2.11. The van der Waals surface area contributed by atoms with Crippen molar-refractivity contribution in [3.8, 4) is 0 Å². The molecule has 2 nitrogen and oxygen atoms in total. The average molecular weight is 267 g/mol. The van der Waals surface area contributed by atoms with Gasteiger partial charge in [-0.05, 0) is 12.8 Å². The van der Waals surface area contributed by atoms with Crippen LogP contribution >= 0.6 is 15.9 Å². The summed E-state index contributed by atoms with van der Waals surface area (Å²) in [6.45, 7) is 2.11. The van der Waals surface area contributed by atoms with Crippen molar-refractivity contribution in [2.45, 2.75) is 26.2 Å². The van der Waals surface area contributed by atoms with Crippen LogP contribution in [0.5, 0.6) is 0 Å². The molecule has 0 bridgehead atoms. The van der Waals surface area contributed by atoms with Gasteiger partial charge in [0.2, 0.25) is 0 Å². The highest BCUT2D eigenvalue weighted by molar-refractivity contribution is 9.10. The second kappa shape index (κ2) is 7.33. The zero-order valence-electron chi connectivity index (χ0n) is 7.74. The summed E-state index contributed by atoms with van der Waals surface area (Å²) in [5.74, 6) is 0. The molecule has 0 amide bonds. The monoisotopic (exact) mass is 266 g/mol. The van der Waals surface area contributed by atoms with E-state index in [0.717, 1.165) is 12.8 Å². The van der Waals surface area contributed by atoms with Crippen LogP contribution in [0.4, 0.5) is 0 Å². The molecule has 0 spiro atoms. The standard InChI is InChI=1S/C9H15BrO2S/c1-2-3-4-5-6-7-8-13(11,12)9-10/h4-5,7-8H,2-3,6,9H2,1H3/b5-4+,8-7+. The van der Waals surface area contributed by atoms with Crippen molar-refractivity contribution in [1.29, 1.82) is 0 Å². The second-order valence-electron chi connectivity index (χ2n) is 2.64. The molecule has 0 radical (unpaired) electrons. The van der Waals surface area contributed by atoms with Crippen LogP contribution in [0.25, 0.3) is 0 Å². The lowest BCUT2D eigenvalue weighted by Crippen LogP contribution is -1.93. The number of sulfone groups is 1. The van der Waals surface area contributed by atoms with Gasteiger partial charge in [-0.25, -0.2) is 8.42 Å². The molecule has 0 saturated carbocycles. The van der Waals surface area contributed by atoms with Gasteiger partial charge >= 0.3 is 0 Å². The van der Waals surface area contributed by atoms with Gasteiger partial charge in [-0.2, -0.15) is 0 Å². The van der Waals surface area contributed by atoms with Gasteiger partial charge in [0.05, 0.1) is 0 Å². The summed E-state index contributed by atoms with van der Waals surface area (Å²) in [6, 6.07) is 0. The molecule has 0 rings (SSSR count). The quantitative estimate of drug-likeness (QED) is 0.547. The summed E-state index contributed by atoms with van der Waals surface area (Å²) < 4.78 is 21.9. The van der Waals surface area contributed by atoms with Crippen molar-refractivity contribution in [2.24, 2.45) is 0 Å². The van der Waals surface area contributed by atoms with Crippen molar-refractivity contribution < 1.29 is 8.42 Å². The number of hydrogen-bond acceptors (Lipinski definition) is 2. The van der Waals surface area contributed by atoms with Crippen LogP contribution in [-0.2, 0) is 9.84 Å². The summed E-state index contributed by atoms with van der Waals surface area (Å²) in [5.41, 5.74) is 0. The molecule has 76 valence electrons. The minimum Gasteiger partial charge on any atom is -0.223 e. The van der Waals surface area contributed by atoms with Crippen LogP contribution in [0.3, 0.4) is 0 Å². The highest BCUT2D eigenvalue weighted by atomic mass is 79.9. The Labute approximate surface area is 88.8 Å². The number of hydrogen-bond donors (Lipinski definition) is 0. The van der Waals surface area contributed by atoms with E-state index in [9.17, 15) is 8.42 Å². The maximum atomic E-state index is 10.9. The molecule has 0 fully saturated rings. The van der Waals surface area contributed by atoms with Gasteiger partial charge in [0.25, 0.3) is 0 Å². The Kier molecular flexibility index (Phi) is 7.28. The normalized spacial score (nSPS) is 13.1. The summed E-state index contributed by atoms with van der Waals surface area (Å²) in [5, 5.41) is 1.25. The van der Waals surface area contributed by atoms with Crippen molar-refractivity contribution in [3.63, 3.8) is 0 Å². The van der Waals surface area contributed by atoms with Crippen LogP contribution in [0, 0.1) is 0 Å². The van der Waals surface area contributed by atoms with E-state index in [1.807, 2.05) is 6.08 Å². The molecule has 13 heavy (non-hydrogen) atoms. The van der Waals surface area contributed by atoms with Crippen LogP contribution in [-0.4, -0.2) is 13.1 Å². The predicted molar refractivity (Wildman–Crippen MR) is 60.5 cm³/mol. The summed E-state index contributed by atoms with van der Waals surface area (Å²) in [4.78, 5) is 0. The van der Waals surface area contributed by atoms with E-state index in [1.54, 1.807) is 6.08 Å². The Bertz CT molecular complexity index is 265. The fourth-order valence-electron chi connectivity index (χ4n) is 0.698. The molecule has 0 N–H and O–H groups in total. The van der Waals surface area contributed by atoms with Gasteiger partial charge < -0.3 is 0 Å². The molecule has 0 aromatic carbocycles. The first kappa shape index (κ1) is 12.9. The molecular weight excluding hydrogens is 252 g/mol. The van der Waals surface area contributed by atoms with Gasteiger partial charge in [-0.3, -0.25) is 0 Å². The van der Waals surface area contributed by atoms with Gasteiger partial charge in [0.1, 0.15) is 4.66 Å². The maximum absolute atomic E-state index is 10.9. The first-order chi connectivity index (χ1) is 6.12. The van der Waals surface area contributed by atoms with Gasteiger partial charge in [-0.15, -0.1) is 0 Å². The minimum absolute atomic E-state index is 0.00479. The zero-order valence-corrected chi connectivity index (χ0v) is 10.1. The Morgan fingerprint density at radius 1 is 1.23 bits per heavy atom. The van der Waals surface area contributed by atoms with Crippen molar-refractivity contribution in [3.05, 3.63) is 23.6 Å². The van der Waals surface area contributed by atoms with Crippen LogP contribution in [0.15, 0.2) is 23.6 Å². The third-order valence-electron chi connectivity index (χ3n) is 1.35. The molecule has 0 saturated heterocycles. The highest BCUT2D eigenvalue weighted by Crippen LogP contribution is 1.99. The number of allylic oxidation sites excluding steroid dienone is 3. The van der Waals surface area contributed by atoms with Crippen LogP contribution < -0.4 is 0 Å². The molecule has 0 atom stereocenters. The highest BCUT2D eigenvalue weighted by Gasteiger charge is 1.99. The summed E-state index contributed by atoms with van der Waals surface area (Å²) >= 11 is 2.91. The SMILES string of the molecule is CCC/C=C/C/C=C/S(=O)(=O)CBr. The minimum atomic E-state index is -3.01. The summed E-state index contributed by atoms with van der Waals surface area (Å²) in [7, 11) is -3.01. The molecule has 0 aliphatic carbocycles. The third-order valence-corrected chi connectivity index (χ3v) is 4.18. The molecule has 0 aromatic heterocycles. The van der Waals surface area contributed by atoms with Crippen molar-refractivity contribution in [2.75, 3.05) is 4.66 Å². The lowest BCUT2D eigenvalue weighted by atomic mass is 10.3. The van der Waals surface area contributed by atoms with E-state index < -0.39 is 9.84 Å². The van der Waals surface area contributed by atoms with Gasteiger partial charge in [0, 0.05) is 5.41 Å². The van der Waals surface area contributed by atoms with E-state index >= 15 is 0 Å². The smallest absolute Gasteiger partial charge is 0.181 e. The predicted octanol–water partition coefficient (Wildman–Crippen LogP) is 3.01. The molecule has 0 heterocycles. The van der Waals surface area contributed by atoms with E-state index in [1.165, 1.54) is 5.41 Å². The molecule has 0 unspecified atom stereocenters. The van der Waals surface area contributed by atoms with Crippen molar-refractivity contribution >= 4 is 25.8 Å². The topological polar surface area (TPSA) is 34.1 Å². The van der Waals surface area contributed by atoms with Gasteiger partial charge in [-0.1, -0.05) is 47.5 Å². The summed E-state index contributed by atoms with van der Waals surface area (Å²) in [6.07, 6.45) is 8.56. The molecule has 0 aromatic rings. The Hall–Kier alpha value is -0.0900. The molecule has 0 aliphatic rings. The molecule has 4 heteroatoms. The molecule has 0 aliphatic heterocycles. The second-order valence-corrected chi connectivity index (χ2v) is 5.83.